The number of nitrogens with zero attached hydrogens (tertiary/aromatic N) is 1. The summed E-state index contributed by atoms with van der Waals surface area (Å²) in [4.78, 5) is 51.2. The smallest absolute Gasteiger partial charge is 0.545 e. The standard InChI is InChI=1S/C33H27NO8.2Na/c35-30(25-17-27(32(38)39)28(33(40)41)18-26(25)31(36)37)34(29-15-7-10-21-9-4-5-14-24(21)29)19-20-8-6-13-23(16-20)42-22-11-2-1-3-12-22;;/h1-6,8-9,11-14,16-18,29H,7,10,15,19H2,(H,36,37)(H,38,39)(H,40,41);;/q;2*+1/p-2/t29-;;/m0../s1. The molecule has 44 heavy (non-hydrogen) atoms. The predicted molar refractivity (Wildman–Crippen MR) is 145 cm³/mol. The Morgan fingerprint density at radius 1 is 0.705 bits per heavy atom. The van der Waals surface area contributed by atoms with E-state index in [4.69, 9.17) is 4.74 Å². The summed E-state index contributed by atoms with van der Waals surface area (Å²) in [5.74, 6) is -5.34. The van der Waals surface area contributed by atoms with Crippen LogP contribution in [0.1, 0.15) is 78.4 Å². The molecule has 0 aromatic heterocycles. The van der Waals surface area contributed by atoms with E-state index in [1.807, 2.05) is 42.5 Å². The maximum absolute atomic E-state index is 14.2. The summed E-state index contributed by atoms with van der Waals surface area (Å²) in [6.45, 7) is 0.0131. The van der Waals surface area contributed by atoms with E-state index in [0.29, 0.717) is 35.6 Å². The Labute approximate surface area is 299 Å². The van der Waals surface area contributed by atoms with Crippen LogP contribution in [0, 0.1) is 0 Å². The minimum absolute atomic E-state index is 0. The van der Waals surface area contributed by atoms with Crippen molar-refractivity contribution in [1.29, 1.82) is 0 Å². The maximum atomic E-state index is 14.2. The number of hydrogen-bond donors (Lipinski definition) is 0. The van der Waals surface area contributed by atoms with Crippen molar-refractivity contribution in [2.24, 2.45) is 0 Å². The number of amides is 1. The van der Waals surface area contributed by atoms with Crippen LogP contribution in [0.15, 0.2) is 91.0 Å². The van der Waals surface area contributed by atoms with E-state index in [-0.39, 0.29) is 67.1 Å². The molecule has 1 aliphatic rings. The summed E-state index contributed by atoms with van der Waals surface area (Å²) < 4.78 is 5.95. The van der Waals surface area contributed by atoms with Crippen molar-refractivity contribution < 1.29 is 99.8 Å². The number of carbonyl (C=O) groups is 4. The van der Waals surface area contributed by atoms with Gasteiger partial charge >= 0.3 is 60.5 Å². The second-order valence-corrected chi connectivity index (χ2v) is 9.91. The molecular formula is C33H25NNa2O8. The first-order chi connectivity index (χ1) is 20.2. The van der Waals surface area contributed by atoms with E-state index in [1.54, 1.807) is 36.4 Å². The van der Waals surface area contributed by atoms with E-state index < -0.39 is 52.1 Å². The van der Waals surface area contributed by atoms with Gasteiger partial charge in [-0.25, -0.2) is 0 Å². The van der Waals surface area contributed by atoms with E-state index in [9.17, 15) is 34.5 Å². The van der Waals surface area contributed by atoms with Crippen molar-refractivity contribution in [3.05, 3.63) is 130 Å². The third-order valence-corrected chi connectivity index (χ3v) is 7.25. The van der Waals surface area contributed by atoms with Crippen LogP contribution < -0.4 is 79.2 Å². The van der Waals surface area contributed by atoms with Gasteiger partial charge in [0.1, 0.15) is 11.5 Å². The number of carboxylic acids is 3. The Morgan fingerprint density at radius 2 is 1.27 bits per heavy atom. The Kier molecular flexibility index (Phi) is 12.4. The number of rotatable bonds is 9. The first-order valence-corrected chi connectivity index (χ1v) is 13.3. The van der Waals surface area contributed by atoms with Gasteiger partial charge < -0.3 is 39.3 Å². The number of benzene rings is 4. The van der Waals surface area contributed by atoms with Crippen molar-refractivity contribution in [2.45, 2.75) is 31.8 Å². The predicted octanol–water partition coefficient (Wildman–Crippen LogP) is -3.59. The van der Waals surface area contributed by atoms with E-state index in [0.717, 1.165) is 24.0 Å². The Hall–Kier alpha value is -3.44. The van der Waals surface area contributed by atoms with Crippen molar-refractivity contribution in [3.63, 3.8) is 0 Å². The van der Waals surface area contributed by atoms with E-state index in [2.05, 4.69) is 0 Å². The first-order valence-electron chi connectivity index (χ1n) is 13.3. The van der Waals surface area contributed by atoms with Crippen molar-refractivity contribution in [1.82, 2.24) is 4.90 Å². The molecule has 4 aromatic rings. The van der Waals surface area contributed by atoms with Crippen LogP contribution in [0.5, 0.6) is 11.5 Å². The van der Waals surface area contributed by atoms with Gasteiger partial charge in [-0.3, -0.25) is 4.79 Å². The monoisotopic (exact) mass is 609 g/mol. The van der Waals surface area contributed by atoms with Gasteiger partial charge in [-0.05, 0) is 72.4 Å². The summed E-state index contributed by atoms with van der Waals surface area (Å²) in [7, 11) is 0. The summed E-state index contributed by atoms with van der Waals surface area (Å²) in [6, 6.07) is 24.6. The number of hydrogen-bond acceptors (Lipinski definition) is 8. The van der Waals surface area contributed by atoms with Crippen LogP contribution in [0.4, 0.5) is 0 Å². The number of fused-ring (bicyclic) bond motifs is 1. The van der Waals surface area contributed by atoms with Gasteiger partial charge in [0.05, 0.1) is 23.9 Å². The summed E-state index contributed by atoms with van der Waals surface area (Å²) in [5.41, 5.74) is -0.498. The molecule has 0 N–H and O–H groups in total. The summed E-state index contributed by atoms with van der Waals surface area (Å²) in [5, 5.41) is 35.5. The molecule has 0 aliphatic heterocycles. The van der Waals surface area contributed by atoms with Gasteiger partial charge in [-0.2, -0.15) is 0 Å². The quantitative estimate of drug-likeness (QED) is 0.177. The van der Waals surface area contributed by atoms with Crippen LogP contribution in [0.2, 0.25) is 0 Å². The molecule has 0 unspecified atom stereocenters. The average Bonchev–Trinajstić information content (AvgIpc) is 2.99. The number of aromatic carboxylic acids is 3. The van der Waals surface area contributed by atoms with Gasteiger partial charge in [0.15, 0.2) is 0 Å². The third-order valence-electron chi connectivity index (χ3n) is 7.25. The van der Waals surface area contributed by atoms with Gasteiger partial charge in [0, 0.05) is 28.8 Å². The SMILES string of the molecule is O=C([O-])c1cc(C(=O)[O-])c(C(=O)N(Cc2cccc(Oc3ccccc3)c2)[C@H]2CCCc3ccccc32)cc1C(=O)[O-].[H+].[Na+].[Na+]. The number of para-hydroxylation sites is 1. The molecule has 0 saturated heterocycles. The number of carbonyl (C=O) groups excluding carboxylic acids is 4. The molecule has 1 amide bonds. The molecule has 0 bridgehead atoms. The maximum Gasteiger partial charge on any atom is 1.00 e. The Bertz CT molecular complexity index is 1700. The molecule has 0 saturated carbocycles. The fraction of sp³-hybridized carbons (Fsp3) is 0.152. The molecule has 212 valence electrons. The van der Waals surface area contributed by atoms with Gasteiger partial charge in [0.2, 0.25) is 0 Å². The van der Waals surface area contributed by atoms with Crippen LogP contribution in [-0.2, 0) is 13.0 Å². The molecule has 0 fully saturated rings. The fourth-order valence-electron chi connectivity index (χ4n) is 5.34. The molecule has 0 radical (unpaired) electrons. The van der Waals surface area contributed by atoms with Crippen LogP contribution in [0.3, 0.4) is 0 Å². The van der Waals surface area contributed by atoms with Gasteiger partial charge in [-0.1, -0.05) is 54.6 Å². The molecule has 0 spiro atoms. The third kappa shape index (κ3) is 7.79. The van der Waals surface area contributed by atoms with Crippen LogP contribution in [0.25, 0.3) is 0 Å². The Balaban J connectivity index is 0.00000235. The number of carboxylic acid groups (broad SMARTS) is 3. The van der Waals surface area contributed by atoms with E-state index >= 15 is 0 Å². The van der Waals surface area contributed by atoms with Crippen molar-refractivity contribution in [3.8, 4) is 11.5 Å². The molecule has 5 rings (SSSR count). The van der Waals surface area contributed by atoms with Gasteiger partial charge in [-0.15, -0.1) is 0 Å². The molecule has 1 atom stereocenters. The molecule has 1 aliphatic carbocycles. The topological polar surface area (TPSA) is 150 Å². The van der Waals surface area contributed by atoms with Crippen molar-refractivity contribution in [2.75, 3.05) is 0 Å². The fourth-order valence-corrected chi connectivity index (χ4v) is 5.34. The molecule has 0 heterocycles. The normalized spacial score (nSPS) is 13.3. The molecule has 11 heteroatoms. The van der Waals surface area contributed by atoms with E-state index in [1.165, 1.54) is 4.90 Å². The zero-order chi connectivity index (χ0) is 29.8. The molecule has 9 nitrogen and oxygen atoms in total. The average molecular weight is 610 g/mol. The zero-order valence-electron chi connectivity index (χ0n) is 25.3. The van der Waals surface area contributed by atoms with Crippen molar-refractivity contribution >= 4 is 23.8 Å². The minimum atomic E-state index is -1.93. The molecular weight excluding hydrogens is 584 g/mol. The zero-order valence-corrected chi connectivity index (χ0v) is 28.3. The van der Waals surface area contributed by atoms with Crippen LogP contribution in [-0.4, -0.2) is 28.7 Å². The van der Waals surface area contributed by atoms with Crippen LogP contribution >= 0.6 is 0 Å². The molecule has 4 aromatic carbocycles. The summed E-state index contributed by atoms with van der Waals surface area (Å²) >= 11 is 0. The second kappa shape index (κ2) is 15.5. The second-order valence-electron chi connectivity index (χ2n) is 9.91. The number of aryl methyl sites for hydroxylation is 1. The summed E-state index contributed by atoms with van der Waals surface area (Å²) in [6.07, 6.45) is 2.12. The number of ether oxygens (including phenoxy) is 1. The largest absolute Gasteiger partial charge is 1.00 e. The van der Waals surface area contributed by atoms with Gasteiger partial charge in [0.25, 0.3) is 5.91 Å². The minimum Gasteiger partial charge on any atom is -0.545 e. The Morgan fingerprint density at radius 3 is 1.93 bits per heavy atom. The first kappa shape index (κ1) is 35.0.